The molecule has 5 heteroatoms. The van der Waals surface area contributed by atoms with Crippen molar-refractivity contribution in [2.24, 2.45) is 0 Å². The molecule has 90 valence electrons. The largest absolute Gasteiger partial charge is 0.396 e. The van der Waals surface area contributed by atoms with Gasteiger partial charge in [0.25, 0.3) is 0 Å². The van der Waals surface area contributed by atoms with E-state index in [-0.39, 0.29) is 18.4 Å². The maximum atomic E-state index is 11.9. The van der Waals surface area contributed by atoms with Crippen molar-refractivity contribution < 1.29 is 13.5 Å². The number of aliphatic hydroxyl groups is 1. The molecular weight excluding hydrogens is 214 g/mol. The van der Waals surface area contributed by atoms with Gasteiger partial charge in [0, 0.05) is 19.2 Å². The smallest absolute Gasteiger partial charge is 0.214 e. The summed E-state index contributed by atoms with van der Waals surface area (Å²) in [6, 6.07) is 0.202. The summed E-state index contributed by atoms with van der Waals surface area (Å²) in [5.41, 5.74) is 0. The van der Waals surface area contributed by atoms with E-state index < -0.39 is 10.0 Å². The summed E-state index contributed by atoms with van der Waals surface area (Å²) < 4.78 is 25.4. The summed E-state index contributed by atoms with van der Waals surface area (Å²) in [5, 5.41) is 8.76. The summed E-state index contributed by atoms with van der Waals surface area (Å²) in [6.45, 7) is 2.41. The van der Waals surface area contributed by atoms with Crippen molar-refractivity contribution in [2.75, 3.05) is 18.9 Å². The molecule has 1 rings (SSSR count). The van der Waals surface area contributed by atoms with Crippen LogP contribution in [0, 0.1) is 0 Å². The second-order valence-electron chi connectivity index (χ2n) is 4.09. The van der Waals surface area contributed by atoms with Crippen LogP contribution in [0.25, 0.3) is 0 Å². The van der Waals surface area contributed by atoms with Gasteiger partial charge >= 0.3 is 0 Å². The third-order valence-corrected chi connectivity index (χ3v) is 4.96. The van der Waals surface area contributed by atoms with Crippen LogP contribution in [-0.4, -0.2) is 42.8 Å². The minimum absolute atomic E-state index is 0.0604. The molecule has 1 saturated carbocycles. The first-order chi connectivity index (χ1) is 7.11. The topological polar surface area (TPSA) is 57.6 Å². The van der Waals surface area contributed by atoms with Crippen molar-refractivity contribution >= 4 is 10.0 Å². The number of sulfonamides is 1. The van der Waals surface area contributed by atoms with Gasteiger partial charge in [-0.15, -0.1) is 0 Å². The first kappa shape index (κ1) is 12.9. The fraction of sp³-hybridized carbons (Fsp3) is 1.00. The summed E-state index contributed by atoms with van der Waals surface area (Å²) in [4.78, 5) is 0. The van der Waals surface area contributed by atoms with E-state index in [9.17, 15) is 8.42 Å². The summed E-state index contributed by atoms with van der Waals surface area (Å²) in [5.74, 6) is 0.231. The normalized spacial score (nSPS) is 18.1. The molecule has 0 amide bonds. The molecule has 0 heterocycles. The van der Waals surface area contributed by atoms with E-state index in [4.69, 9.17) is 5.11 Å². The molecule has 0 aromatic rings. The Kier molecular flexibility index (Phi) is 5.02. The molecule has 0 unspecified atom stereocenters. The molecule has 1 N–H and O–H groups in total. The van der Waals surface area contributed by atoms with Crippen LogP contribution in [0.3, 0.4) is 0 Å². The highest BCUT2D eigenvalue weighted by Crippen LogP contribution is 2.27. The highest BCUT2D eigenvalue weighted by molar-refractivity contribution is 7.89. The zero-order chi connectivity index (χ0) is 11.3. The fourth-order valence-corrected chi connectivity index (χ4v) is 3.65. The molecule has 1 fully saturated rings. The van der Waals surface area contributed by atoms with Gasteiger partial charge in [-0.2, -0.15) is 4.31 Å². The Morgan fingerprint density at radius 1 is 1.40 bits per heavy atom. The number of hydrogen-bond acceptors (Lipinski definition) is 3. The Balaban J connectivity index is 2.61. The van der Waals surface area contributed by atoms with Gasteiger partial charge in [-0.3, -0.25) is 0 Å². The summed E-state index contributed by atoms with van der Waals surface area (Å²) >= 11 is 0. The first-order valence-corrected chi connectivity index (χ1v) is 7.33. The van der Waals surface area contributed by atoms with Gasteiger partial charge in [0.05, 0.1) is 5.75 Å². The number of aliphatic hydroxyl groups excluding tert-OH is 1. The highest BCUT2D eigenvalue weighted by atomic mass is 32.2. The molecule has 0 aromatic carbocycles. The lowest BCUT2D eigenvalue weighted by molar-refractivity contribution is 0.198. The third kappa shape index (κ3) is 3.43. The SMILES string of the molecule is CCCS(=O)(=O)N(CCCO)C1CCC1. The zero-order valence-electron chi connectivity index (χ0n) is 9.35. The van der Waals surface area contributed by atoms with Crippen molar-refractivity contribution in [2.45, 2.75) is 45.1 Å². The van der Waals surface area contributed by atoms with E-state index in [2.05, 4.69) is 0 Å². The molecule has 0 bridgehead atoms. The van der Waals surface area contributed by atoms with E-state index in [0.717, 1.165) is 19.3 Å². The summed E-state index contributed by atoms with van der Waals surface area (Å²) in [7, 11) is -3.08. The maximum Gasteiger partial charge on any atom is 0.214 e. The fourth-order valence-electron chi connectivity index (χ4n) is 1.83. The molecular formula is C10H21NO3S. The highest BCUT2D eigenvalue weighted by Gasteiger charge is 2.32. The quantitative estimate of drug-likeness (QED) is 0.715. The Hall–Kier alpha value is -0.130. The predicted octanol–water partition coefficient (Wildman–Crippen LogP) is 0.963. The minimum atomic E-state index is -3.08. The van der Waals surface area contributed by atoms with Crippen LogP contribution >= 0.6 is 0 Å². The second kappa shape index (κ2) is 5.82. The zero-order valence-corrected chi connectivity index (χ0v) is 10.2. The molecule has 15 heavy (non-hydrogen) atoms. The van der Waals surface area contributed by atoms with Crippen molar-refractivity contribution in [3.63, 3.8) is 0 Å². The van der Waals surface area contributed by atoms with Gasteiger partial charge in [0.1, 0.15) is 0 Å². The number of hydrogen-bond donors (Lipinski definition) is 1. The molecule has 0 radical (unpaired) electrons. The average molecular weight is 235 g/mol. The van der Waals surface area contributed by atoms with Crippen LogP contribution in [0.4, 0.5) is 0 Å². The molecule has 1 aliphatic rings. The number of rotatable bonds is 7. The van der Waals surface area contributed by atoms with Gasteiger partial charge in [-0.25, -0.2) is 8.42 Å². The average Bonchev–Trinajstić information content (AvgIpc) is 2.08. The van der Waals surface area contributed by atoms with Crippen molar-refractivity contribution in [3.05, 3.63) is 0 Å². The van der Waals surface area contributed by atoms with Crippen molar-refractivity contribution in [1.29, 1.82) is 0 Å². The van der Waals surface area contributed by atoms with Crippen LogP contribution in [0.15, 0.2) is 0 Å². The standard InChI is InChI=1S/C10H21NO3S/c1-2-9-15(13,14)11(7-4-8-12)10-5-3-6-10/h10,12H,2-9H2,1H3. The van der Waals surface area contributed by atoms with E-state index >= 15 is 0 Å². The van der Waals surface area contributed by atoms with Gasteiger partial charge in [-0.1, -0.05) is 13.3 Å². The lowest BCUT2D eigenvalue weighted by Gasteiger charge is -2.36. The van der Waals surface area contributed by atoms with Gasteiger partial charge in [0.15, 0.2) is 0 Å². The Bertz CT molecular complexity index is 272. The maximum absolute atomic E-state index is 11.9. The molecule has 0 spiro atoms. The van der Waals surface area contributed by atoms with Crippen molar-refractivity contribution in [1.82, 2.24) is 4.31 Å². The van der Waals surface area contributed by atoms with Crippen LogP contribution < -0.4 is 0 Å². The molecule has 1 aliphatic carbocycles. The molecule has 0 saturated heterocycles. The molecule has 0 atom stereocenters. The van der Waals surface area contributed by atoms with Crippen molar-refractivity contribution in [3.8, 4) is 0 Å². The molecule has 0 aliphatic heterocycles. The monoisotopic (exact) mass is 235 g/mol. The molecule has 4 nitrogen and oxygen atoms in total. The second-order valence-corrected chi connectivity index (χ2v) is 6.13. The van der Waals surface area contributed by atoms with Gasteiger partial charge < -0.3 is 5.11 Å². The third-order valence-electron chi connectivity index (χ3n) is 2.84. The Labute approximate surface area is 92.3 Å². The Morgan fingerprint density at radius 2 is 2.07 bits per heavy atom. The van der Waals surface area contributed by atoms with E-state index in [1.165, 1.54) is 0 Å². The number of nitrogens with zero attached hydrogens (tertiary/aromatic N) is 1. The Morgan fingerprint density at radius 3 is 2.47 bits per heavy atom. The lowest BCUT2D eigenvalue weighted by Crippen LogP contribution is -2.45. The van der Waals surface area contributed by atoms with E-state index in [1.807, 2.05) is 6.92 Å². The van der Waals surface area contributed by atoms with Crippen LogP contribution in [0.5, 0.6) is 0 Å². The lowest BCUT2D eigenvalue weighted by atomic mass is 9.93. The van der Waals surface area contributed by atoms with Crippen LogP contribution in [-0.2, 0) is 10.0 Å². The van der Waals surface area contributed by atoms with E-state index in [1.54, 1.807) is 4.31 Å². The van der Waals surface area contributed by atoms with Crippen LogP contribution in [0.1, 0.15) is 39.0 Å². The predicted molar refractivity (Wildman–Crippen MR) is 60.1 cm³/mol. The summed E-state index contributed by atoms with van der Waals surface area (Å²) in [6.07, 6.45) is 4.29. The first-order valence-electron chi connectivity index (χ1n) is 5.72. The van der Waals surface area contributed by atoms with E-state index in [0.29, 0.717) is 19.4 Å². The van der Waals surface area contributed by atoms with Gasteiger partial charge in [0.2, 0.25) is 10.0 Å². The van der Waals surface area contributed by atoms with Gasteiger partial charge in [-0.05, 0) is 25.7 Å². The minimum Gasteiger partial charge on any atom is -0.396 e. The van der Waals surface area contributed by atoms with Crippen LogP contribution in [0.2, 0.25) is 0 Å². The molecule has 0 aromatic heterocycles.